The van der Waals surface area contributed by atoms with Crippen molar-refractivity contribution in [2.24, 2.45) is 12.8 Å². The molecule has 1 fully saturated rings. The highest BCUT2D eigenvalue weighted by atomic mass is 19.1. The molecule has 6 rings (SSSR count). The van der Waals surface area contributed by atoms with Crippen LogP contribution in [0, 0.1) is 5.82 Å². The largest absolute Gasteiger partial charge is 0.351 e. The average Bonchev–Trinajstić information content (AvgIpc) is 3.54. The average molecular weight is 503 g/mol. The van der Waals surface area contributed by atoms with Crippen LogP contribution in [-0.4, -0.2) is 60.4 Å². The number of aryl methyl sites for hydroxylation is 1. The monoisotopic (exact) mass is 502 g/mol. The normalized spacial score (nSPS) is 20.1. The van der Waals surface area contributed by atoms with Gasteiger partial charge in [-0.3, -0.25) is 4.68 Å². The highest BCUT2D eigenvalue weighted by molar-refractivity contribution is 5.77. The number of hydrogen-bond acceptors (Lipinski definition) is 8. The lowest BCUT2D eigenvalue weighted by Gasteiger charge is -2.35. The topological polar surface area (TPSA) is 106 Å². The third-order valence-corrected chi connectivity index (χ3v) is 6.44. The quantitative estimate of drug-likeness (QED) is 0.391. The van der Waals surface area contributed by atoms with Crippen molar-refractivity contribution in [2.45, 2.75) is 12.5 Å². The summed E-state index contributed by atoms with van der Waals surface area (Å²) in [6.07, 6.45) is 9.65. The van der Waals surface area contributed by atoms with Crippen LogP contribution in [0.25, 0.3) is 16.6 Å². The van der Waals surface area contributed by atoms with Crippen molar-refractivity contribution in [3.8, 4) is 11.1 Å². The van der Waals surface area contributed by atoms with Crippen molar-refractivity contribution >= 4 is 17.3 Å². The molecule has 0 amide bonds. The summed E-state index contributed by atoms with van der Waals surface area (Å²) in [4.78, 5) is 15.6. The van der Waals surface area contributed by atoms with Crippen LogP contribution in [-0.2, 0) is 12.6 Å². The molecular formula is C26H27FN10. The van der Waals surface area contributed by atoms with Crippen LogP contribution in [0.3, 0.4) is 0 Å². The molecule has 1 saturated heterocycles. The molecule has 0 radical (unpaired) electrons. The lowest BCUT2D eigenvalue weighted by molar-refractivity contribution is 0.585. The van der Waals surface area contributed by atoms with Crippen LogP contribution in [0.15, 0.2) is 67.6 Å². The van der Waals surface area contributed by atoms with Crippen molar-refractivity contribution in [1.82, 2.24) is 34.3 Å². The van der Waals surface area contributed by atoms with Crippen molar-refractivity contribution < 1.29 is 9.87 Å². The first-order valence-electron chi connectivity index (χ1n) is 13.6. The Balaban J connectivity index is 1.30. The summed E-state index contributed by atoms with van der Waals surface area (Å²) in [7, 11) is 1.81. The Labute approximate surface area is 218 Å². The Morgan fingerprint density at radius 3 is 2.32 bits per heavy atom. The van der Waals surface area contributed by atoms with Crippen LogP contribution < -0.4 is 15.5 Å². The van der Waals surface area contributed by atoms with E-state index in [4.69, 9.17) is 11.2 Å². The van der Waals surface area contributed by atoms with Gasteiger partial charge in [0.2, 0.25) is 5.95 Å². The second kappa shape index (κ2) is 8.93. The summed E-state index contributed by atoms with van der Waals surface area (Å²) in [5.74, 6) is -0.0860. The third kappa shape index (κ3) is 4.27. The Hall–Kier alpha value is -4.38. The number of anilines is 2. The zero-order valence-corrected chi connectivity index (χ0v) is 20.2. The number of aromatic nitrogens is 7. The first-order valence-corrected chi connectivity index (χ1v) is 11.6. The zero-order valence-electron chi connectivity index (χ0n) is 24.2. The molecule has 4 aromatic heterocycles. The van der Waals surface area contributed by atoms with Crippen LogP contribution >= 0.6 is 0 Å². The van der Waals surface area contributed by atoms with Crippen molar-refractivity contribution in [1.29, 1.82) is 0 Å². The molecule has 0 aliphatic carbocycles. The van der Waals surface area contributed by atoms with Gasteiger partial charge in [0.05, 0.1) is 17.2 Å². The number of rotatable bonds is 5. The van der Waals surface area contributed by atoms with E-state index in [-0.39, 0.29) is 30.7 Å². The maximum absolute atomic E-state index is 13.4. The predicted molar refractivity (Wildman–Crippen MR) is 139 cm³/mol. The number of benzene rings is 1. The standard InChI is InChI=1S/C26H27FN10/c1-26(28,20-3-5-22(27)6-4-20)21-13-29-25(30-14-21)36-9-7-35(8-10-36)24-23-11-18(16-37(23)33-17-31-24)19-12-32-34(2)15-19/h3-6,11-17H,7-10,28H2,1-2H3/i7D2,8D2. The van der Waals surface area contributed by atoms with E-state index in [1.807, 2.05) is 13.2 Å². The molecule has 10 nitrogen and oxygen atoms in total. The van der Waals surface area contributed by atoms with E-state index in [0.29, 0.717) is 16.6 Å². The number of nitrogens with two attached hydrogens (primary N) is 1. The fourth-order valence-electron chi connectivity index (χ4n) is 4.25. The van der Waals surface area contributed by atoms with E-state index in [0.717, 1.165) is 16.0 Å². The molecule has 1 unspecified atom stereocenters. The van der Waals surface area contributed by atoms with Gasteiger partial charge in [0.25, 0.3) is 0 Å². The van der Waals surface area contributed by atoms with Gasteiger partial charge in [-0.15, -0.1) is 0 Å². The minimum atomic E-state index is -2.20. The van der Waals surface area contributed by atoms with E-state index >= 15 is 0 Å². The second-order valence-corrected chi connectivity index (χ2v) is 9.03. The molecule has 0 saturated carbocycles. The molecule has 5 aromatic rings. The maximum Gasteiger partial charge on any atom is 0.225 e. The van der Waals surface area contributed by atoms with E-state index in [9.17, 15) is 4.39 Å². The molecule has 11 heteroatoms. The van der Waals surface area contributed by atoms with Gasteiger partial charge in [-0.25, -0.2) is 23.9 Å². The van der Waals surface area contributed by atoms with Gasteiger partial charge in [-0.05, 0) is 30.7 Å². The smallest absolute Gasteiger partial charge is 0.225 e. The van der Waals surface area contributed by atoms with Crippen LogP contribution in [0.1, 0.15) is 23.5 Å². The number of halogens is 1. The first-order chi connectivity index (χ1) is 19.3. The van der Waals surface area contributed by atoms with Gasteiger partial charge in [-0.2, -0.15) is 10.2 Å². The van der Waals surface area contributed by atoms with E-state index in [1.54, 1.807) is 46.7 Å². The van der Waals surface area contributed by atoms with Gasteiger partial charge in [0, 0.05) is 74.6 Å². The minimum absolute atomic E-state index is 0.124. The summed E-state index contributed by atoms with van der Waals surface area (Å²) < 4.78 is 52.2. The SMILES string of the molecule is [2H]C1([2H])CN(c2ncc(C(C)(N)c3ccc(F)cc3)cn2)CC([2H])([2H])N1c1ncnn2cc(-c3cnn(C)c3)cc12. The lowest BCUT2D eigenvalue weighted by atomic mass is 9.87. The van der Waals surface area contributed by atoms with Crippen molar-refractivity contribution in [3.05, 3.63) is 84.6 Å². The predicted octanol–water partition coefficient (Wildman–Crippen LogP) is 2.61. The molecule has 37 heavy (non-hydrogen) atoms. The number of fused-ring (bicyclic) bond motifs is 1. The maximum atomic E-state index is 13.4. The molecule has 188 valence electrons. The summed E-state index contributed by atoms with van der Waals surface area (Å²) in [5.41, 5.74) is 8.86. The second-order valence-electron chi connectivity index (χ2n) is 9.03. The van der Waals surface area contributed by atoms with Crippen LogP contribution in [0.5, 0.6) is 0 Å². The molecule has 1 aliphatic heterocycles. The lowest BCUT2D eigenvalue weighted by Crippen LogP contribution is -2.47. The van der Waals surface area contributed by atoms with E-state index in [2.05, 4.69) is 25.1 Å². The van der Waals surface area contributed by atoms with Gasteiger partial charge >= 0.3 is 0 Å². The Kier molecular flexibility index (Phi) is 4.54. The highest BCUT2D eigenvalue weighted by Crippen LogP contribution is 2.29. The van der Waals surface area contributed by atoms with Gasteiger partial charge in [0.15, 0.2) is 5.82 Å². The van der Waals surface area contributed by atoms with E-state index < -0.39 is 18.5 Å². The summed E-state index contributed by atoms with van der Waals surface area (Å²) >= 11 is 0. The molecule has 1 aromatic carbocycles. The fraction of sp³-hybridized carbons (Fsp3) is 0.269. The summed E-state index contributed by atoms with van der Waals surface area (Å²) in [6, 6.07) is 7.65. The minimum Gasteiger partial charge on any atom is -0.351 e. The van der Waals surface area contributed by atoms with Gasteiger partial charge in [0.1, 0.15) is 17.7 Å². The third-order valence-electron chi connectivity index (χ3n) is 6.44. The summed E-state index contributed by atoms with van der Waals surface area (Å²) in [6.45, 7) is -3.09. The zero-order chi connectivity index (χ0) is 29.2. The Bertz CT molecular complexity index is 1700. The first kappa shape index (κ1) is 18.8. The number of hydrogen-bond donors (Lipinski definition) is 1. The molecule has 2 N–H and O–H groups in total. The van der Waals surface area contributed by atoms with Crippen LogP contribution in [0.2, 0.25) is 0 Å². The Morgan fingerprint density at radius 1 is 0.919 bits per heavy atom. The molecule has 1 aliphatic rings. The molecular weight excluding hydrogens is 471 g/mol. The molecule has 1 atom stereocenters. The Morgan fingerprint density at radius 2 is 1.65 bits per heavy atom. The van der Waals surface area contributed by atoms with E-state index in [1.165, 1.54) is 35.8 Å². The fourth-order valence-corrected chi connectivity index (χ4v) is 4.25. The van der Waals surface area contributed by atoms with Gasteiger partial charge < -0.3 is 15.5 Å². The van der Waals surface area contributed by atoms with Crippen LogP contribution in [0.4, 0.5) is 16.2 Å². The molecule has 5 heterocycles. The number of piperazine rings is 1. The molecule has 0 spiro atoms. The highest BCUT2D eigenvalue weighted by Gasteiger charge is 2.26. The van der Waals surface area contributed by atoms with Crippen molar-refractivity contribution in [3.63, 3.8) is 0 Å². The number of nitrogens with zero attached hydrogens (tertiary/aromatic N) is 9. The van der Waals surface area contributed by atoms with Crippen molar-refractivity contribution in [2.75, 3.05) is 35.9 Å². The van der Waals surface area contributed by atoms with Gasteiger partial charge in [-0.1, -0.05) is 12.1 Å². The molecule has 0 bridgehead atoms. The summed E-state index contributed by atoms with van der Waals surface area (Å²) in [5, 5.41) is 8.45.